The van der Waals surface area contributed by atoms with Crippen molar-refractivity contribution in [3.05, 3.63) is 17.8 Å². The molecular formula is C7H7NO4. The van der Waals surface area contributed by atoms with Crippen LogP contribution >= 0.6 is 0 Å². The van der Waals surface area contributed by atoms with Crippen LogP contribution in [-0.2, 0) is 16.0 Å². The highest BCUT2D eigenvalue weighted by Crippen LogP contribution is 2.01. The number of hydrogen-bond acceptors (Lipinski definition) is 5. The van der Waals surface area contributed by atoms with Crippen LogP contribution in [0.3, 0.4) is 0 Å². The fourth-order valence-electron chi connectivity index (χ4n) is 0.656. The lowest BCUT2D eigenvalue weighted by Crippen LogP contribution is -2.04. The van der Waals surface area contributed by atoms with Gasteiger partial charge in [0.2, 0.25) is 5.89 Å². The molecule has 12 heavy (non-hydrogen) atoms. The molecule has 1 heterocycles. The number of methoxy groups -OCH3 is 1. The fraction of sp³-hybridized carbons (Fsp3) is 0.286. The van der Waals surface area contributed by atoms with Crippen LogP contribution in [0.15, 0.2) is 10.6 Å². The fourth-order valence-corrected chi connectivity index (χ4v) is 0.656. The second-order valence-electron chi connectivity index (χ2n) is 2.03. The predicted molar refractivity (Wildman–Crippen MR) is 37.6 cm³/mol. The SMILES string of the molecule is COC(=O)Cc1ncc(C=O)o1. The number of carbonyl (C=O) groups is 2. The Bertz CT molecular complexity index is 291. The van der Waals surface area contributed by atoms with Gasteiger partial charge < -0.3 is 9.15 Å². The van der Waals surface area contributed by atoms with Crippen LogP contribution in [0.4, 0.5) is 0 Å². The number of aldehydes is 1. The van der Waals surface area contributed by atoms with Crippen LogP contribution in [0.5, 0.6) is 0 Å². The normalized spacial score (nSPS) is 9.42. The zero-order valence-electron chi connectivity index (χ0n) is 6.44. The highest BCUT2D eigenvalue weighted by atomic mass is 16.5. The maximum absolute atomic E-state index is 10.7. The van der Waals surface area contributed by atoms with E-state index in [1.165, 1.54) is 13.3 Å². The number of nitrogens with zero attached hydrogens (tertiary/aromatic N) is 1. The molecule has 1 aromatic heterocycles. The van der Waals surface area contributed by atoms with Gasteiger partial charge in [0.1, 0.15) is 6.42 Å². The van der Waals surface area contributed by atoms with E-state index >= 15 is 0 Å². The summed E-state index contributed by atoms with van der Waals surface area (Å²) in [6, 6.07) is 0. The highest BCUT2D eigenvalue weighted by molar-refractivity contribution is 5.72. The van der Waals surface area contributed by atoms with Gasteiger partial charge in [-0.1, -0.05) is 0 Å². The summed E-state index contributed by atoms with van der Waals surface area (Å²) in [6.45, 7) is 0. The van der Waals surface area contributed by atoms with E-state index in [0.29, 0.717) is 6.29 Å². The summed E-state index contributed by atoms with van der Waals surface area (Å²) in [4.78, 5) is 24.5. The summed E-state index contributed by atoms with van der Waals surface area (Å²) >= 11 is 0. The Labute approximate surface area is 68.3 Å². The zero-order valence-corrected chi connectivity index (χ0v) is 6.44. The smallest absolute Gasteiger partial charge is 0.314 e. The lowest BCUT2D eigenvalue weighted by molar-refractivity contribution is -0.140. The minimum atomic E-state index is -0.450. The van der Waals surface area contributed by atoms with Crippen LogP contribution in [0.1, 0.15) is 16.4 Å². The number of oxazole rings is 1. The first-order valence-electron chi connectivity index (χ1n) is 3.23. The predicted octanol–water partition coefficient (Wildman–Crippen LogP) is 0.203. The first kappa shape index (κ1) is 8.45. The summed E-state index contributed by atoms with van der Waals surface area (Å²) in [6.07, 6.45) is 1.73. The molecule has 5 heteroatoms. The van der Waals surface area contributed by atoms with Gasteiger partial charge in [-0.05, 0) is 0 Å². The zero-order chi connectivity index (χ0) is 8.97. The summed E-state index contributed by atoms with van der Waals surface area (Å²) in [5.41, 5.74) is 0. The van der Waals surface area contributed by atoms with Gasteiger partial charge in [0.25, 0.3) is 0 Å². The van der Waals surface area contributed by atoms with Crippen molar-refractivity contribution in [1.82, 2.24) is 4.98 Å². The number of aromatic nitrogens is 1. The second-order valence-corrected chi connectivity index (χ2v) is 2.03. The van der Waals surface area contributed by atoms with E-state index in [-0.39, 0.29) is 18.1 Å². The quantitative estimate of drug-likeness (QED) is 0.477. The Morgan fingerprint density at radius 2 is 2.58 bits per heavy atom. The molecule has 1 aromatic rings. The molecule has 0 unspecified atom stereocenters. The molecule has 0 spiro atoms. The molecule has 64 valence electrons. The van der Waals surface area contributed by atoms with E-state index < -0.39 is 5.97 Å². The molecule has 0 saturated carbocycles. The van der Waals surface area contributed by atoms with Gasteiger partial charge in [-0.2, -0.15) is 0 Å². The standard InChI is InChI=1S/C7H7NO4/c1-11-7(10)2-6-8-3-5(4-9)12-6/h3-4H,2H2,1H3. The largest absolute Gasteiger partial charge is 0.469 e. The molecule has 0 radical (unpaired) electrons. The number of hydrogen-bond donors (Lipinski definition) is 0. The van der Waals surface area contributed by atoms with Crippen LogP contribution in [0, 0.1) is 0 Å². The first-order chi connectivity index (χ1) is 5.76. The summed E-state index contributed by atoms with van der Waals surface area (Å²) in [5.74, 6) is -0.160. The van der Waals surface area contributed by atoms with Crippen LogP contribution < -0.4 is 0 Å². The minimum absolute atomic E-state index is 0.0513. The highest BCUT2D eigenvalue weighted by Gasteiger charge is 2.08. The molecule has 0 aromatic carbocycles. The molecule has 1 rings (SSSR count). The van der Waals surface area contributed by atoms with Crippen LogP contribution in [0.25, 0.3) is 0 Å². The van der Waals surface area contributed by atoms with Gasteiger partial charge in [0.05, 0.1) is 13.3 Å². The average molecular weight is 169 g/mol. The minimum Gasteiger partial charge on any atom is -0.469 e. The molecule has 0 N–H and O–H groups in total. The molecule has 0 amide bonds. The molecule has 0 fully saturated rings. The van der Waals surface area contributed by atoms with Gasteiger partial charge in [0, 0.05) is 0 Å². The van der Waals surface area contributed by atoms with Crippen molar-refractivity contribution >= 4 is 12.3 Å². The summed E-state index contributed by atoms with van der Waals surface area (Å²) in [7, 11) is 1.27. The maximum atomic E-state index is 10.7. The Balaban J connectivity index is 2.63. The molecule has 0 bridgehead atoms. The van der Waals surface area contributed by atoms with E-state index in [4.69, 9.17) is 4.42 Å². The third-order valence-electron chi connectivity index (χ3n) is 1.21. The molecule has 5 nitrogen and oxygen atoms in total. The van der Waals surface area contributed by atoms with E-state index in [0.717, 1.165) is 0 Å². The molecule has 0 atom stereocenters. The molecule has 0 aliphatic rings. The third-order valence-corrected chi connectivity index (χ3v) is 1.21. The van der Waals surface area contributed by atoms with Crippen molar-refractivity contribution in [1.29, 1.82) is 0 Å². The third kappa shape index (κ3) is 1.91. The number of carbonyl (C=O) groups excluding carboxylic acids is 2. The van der Waals surface area contributed by atoms with Crippen molar-refractivity contribution in [2.24, 2.45) is 0 Å². The molecule has 0 aliphatic heterocycles. The van der Waals surface area contributed by atoms with Crippen molar-refractivity contribution in [3.8, 4) is 0 Å². The number of esters is 1. The van der Waals surface area contributed by atoms with Crippen LogP contribution in [0.2, 0.25) is 0 Å². The topological polar surface area (TPSA) is 69.4 Å². The molecular weight excluding hydrogens is 162 g/mol. The molecule has 0 saturated heterocycles. The van der Waals surface area contributed by atoms with Crippen molar-refractivity contribution in [2.75, 3.05) is 7.11 Å². The summed E-state index contributed by atoms with van der Waals surface area (Å²) < 4.78 is 9.20. The first-order valence-corrected chi connectivity index (χ1v) is 3.23. The Hall–Kier alpha value is -1.65. The number of rotatable bonds is 3. The molecule has 0 aliphatic carbocycles. The Kier molecular flexibility index (Phi) is 2.57. The van der Waals surface area contributed by atoms with Crippen molar-refractivity contribution in [2.45, 2.75) is 6.42 Å². The Morgan fingerprint density at radius 3 is 3.08 bits per heavy atom. The second kappa shape index (κ2) is 3.66. The van der Waals surface area contributed by atoms with Crippen LogP contribution in [-0.4, -0.2) is 24.3 Å². The number of ether oxygens (including phenoxy) is 1. The monoisotopic (exact) mass is 169 g/mol. The van der Waals surface area contributed by atoms with Crippen molar-refractivity contribution in [3.63, 3.8) is 0 Å². The van der Waals surface area contributed by atoms with E-state index in [9.17, 15) is 9.59 Å². The van der Waals surface area contributed by atoms with Gasteiger partial charge in [-0.15, -0.1) is 0 Å². The average Bonchev–Trinajstić information content (AvgIpc) is 2.52. The van der Waals surface area contributed by atoms with Gasteiger partial charge >= 0.3 is 5.97 Å². The lowest BCUT2D eigenvalue weighted by atomic mass is 10.4. The Morgan fingerprint density at radius 1 is 1.83 bits per heavy atom. The van der Waals surface area contributed by atoms with Gasteiger partial charge in [-0.25, -0.2) is 4.98 Å². The van der Waals surface area contributed by atoms with Gasteiger partial charge in [-0.3, -0.25) is 9.59 Å². The van der Waals surface area contributed by atoms with E-state index in [1.54, 1.807) is 0 Å². The van der Waals surface area contributed by atoms with Crippen molar-refractivity contribution < 1.29 is 18.7 Å². The maximum Gasteiger partial charge on any atom is 0.314 e. The van der Waals surface area contributed by atoms with E-state index in [1.807, 2.05) is 0 Å². The van der Waals surface area contributed by atoms with E-state index in [2.05, 4.69) is 9.72 Å². The summed E-state index contributed by atoms with van der Waals surface area (Å²) in [5, 5.41) is 0. The lowest BCUT2D eigenvalue weighted by Gasteiger charge is -1.92. The van der Waals surface area contributed by atoms with Gasteiger partial charge in [0.15, 0.2) is 12.0 Å².